The van der Waals surface area contributed by atoms with E-state index in [4.69, 9.17) is 4.74 Å². The Morgan fingerprint density at radius 1 is 1.25 bits per heavy atom. The van der Waals surface area contributed by atoms with E-state index in [9.17, 15) is 4.79 Å². The first-order valence-electron chi connectivity index (χ1n) is 8.75. The van der Waals surface area contributed by atoms with Crippen LogP contribution in [0.4, 0.5) is 4.79 Å². The van der Waals surface area contributed by atoms with Crippen molar-refractivity contribution in [2.24, 2.45) is 17.8 Å². The Hall–Kier alpha value is -1.07. The molecule has 1 aromatic rings. The Morgan fingerprint density at radius 3 is 2.46 bits per heavy atom. The number of halogens is 1. The van der Waals surface area contributed by atoms with Crippen LogP contribution >= 0.6 is 15.9 Å². The molecule has 0 bridgehead atoms. The van der Waals surface area contributed by atoms with Gasteiger partial charge in [-0.3, -0.25) is 0 Å². The SMILES string of the molecule is CC(C)(C)OC(=O)NCC1[C@H]2CN(CCc3ccc(Br)cc3)C[C@@H]12. The number of hydrogen-bond donors (Lipinski definition) is 1. The number of nitrogens with one attached hydrogen (secondary N) is 1. The molecular weight excluding hydrogens is 368 g/mol. The highest BCUT2D eigenvalue weighted by atomic mass is 79.9. The summed E-state index contributed by atoms with van der Waals surface area (Å²) in [6, 6.07) is 8.59. The molecule has 1 N–H and O–H groups in total. The van der Waals surface area contributed by atoms with Crippen LogP contribution in [0.5, 0.6) is 0 Å². The molecule has 3 atom stereocenters. The van der Waals surface area contributed by atoms with Crippen molar-refractivity contribution < 1.29 is 9.53 Å². The molecule has 1 aromatic carbocycles. The molecule has 3 rings (SSSR count). The van der Waals surface area contributed by atoms with Crippen LogP contribution in [-0.2, 0) is 11.2 Å². The van der Waals surface area contributed by atoms with Crippen LogP contribution in [0, 0.1) is 17.8 Å². The summed E-state index contributed by atoms with van der Waals surface area (Å²) in [5, 5.41) is 2.92. The number of likely N-dealkylation sites (tertiary alicyclic amines) is 1. The summed E-state index contributed by atoms with van der Waals surface area (Å²) in [6.07, 6.45) is 0.813. The van der Waals surface area contributed by atoms with Crippen LogP contribution < -0.4 is 5.32 Å². The van der Waals surface area contributed by atoms with Gasteiger partial charge in [-0.05, 0) is 62.6 Å². The second kappa shape index (κ2) is 7.04. The molecule has 24 heavy (non-hydrogen) atoms. The quantitative estimate of drug-likeness (QED) is 0.827. The molecular formula is C19H27BrN2O2. The zero-order valence-corrected chi connectivity index (χ0v) is 16.3. The van der Waals surface area contributed by atoms with Crippen LogP contribution in [0.2, 0.25) is 0 Å². The second-order valence-electron chi connectivity index (χ2n) is 8.01. The van der Waals surface area contributed by atoms with Crippen molar-refractivity contribution in [1.29, 1.82) is 0 Å². The van der Waals surface area contributed by atoms with Gasteiger partial charge in [0.15, 0.2) is 0 Å². The number of nitrogens with zero attached hydrogens (tertiary/aromatic N) is 1. The van der Waals surface area contributed by atoms with E-state index in [1.165, 1.54) is 18.7 Å². The van der Waals surface area contributed by atoms with E-state index in [0.29, 0.717) is 5.92 Å². The van der Waals surface area contributed by atoms with E-state index in [-0.39, 0.29) is 6.09 Å². The fourth-order valence-electron chi connectivity index (χ4n) is 3.68. The molecule has 5 heteroatoms. The average Bonchev–Trinajstić information content (AvgIpc) is 2.94. The number of rotatable bonds is 5. The lowest BCUT2D eigenvalue weighted by atomic mass is 10.1. The number of hydrogen-bond acceptors (Lipinski definition) is 3. The summed E-state index contributed by atoms with van der Waals surface area (Å²) in [5.41, 5.74) is 0.967. The van der Waals surface area contributed by atoms with Gasteiger partial charge in [-0.1, -0.05) is 28.1 Å². The third kappa shape index (κ3) is 4.73. The van der Waals surface area contributed by atoms with Crippen molar-refractivity contribution in [1.82, 2.24) is 10.2 Å². The third-order valence-corrected chi connectivity index (χ3v) is 5.49. The summed E-state index contributed by atoms with van der Waals surface area (Å²) < 4.78 is 6.42. The maximum absolute atomic E-state index is 11.7. The minimum Gasteiger partial charge on any atom is -0.444 e. The number of carbonyl (C=O) groups is 1. The Morgan fingerprint density at radius 2 is 1.88 bits per heavy atom. The molecule has 132 valence electrons. The predicted molar refractivity (Wildman–Crippen MR) is 99.0 cm³/mol. The van der Waals surface area contributed by atoms with E-state index in [1.54, 1.807) is 0 Å². The van der Waals surface area contributed by atoms with Crippen LogP contribution in [0.25, 0.3) is 0 Å². The zero-order valence-electron chi connectivity index (χ0n) is 14.7. The van der Waals surface area contributed by atoms with Gasteiger partial charge >= 0.3 is 6.09 Å². The largest absolute Gasteiger partial charge is 0.444 e. The van der Waals surface area contributed by atoms with Gasteiger partial charge in [-0.25, -0.2) is 4.79 Å². The number of carbonyl (C=O) groups excluding carboxylic acids is 1. The molecule has 1 unspecified atom stereocenters. The van der Waals surface area contributed by atoms with Crippen LogP contribution in [0.1, 0.15) is 26.3 Å². The number of amides is 1. The lowest BCUT2D eigenvalue weighted by molar-refractivity contribution is 0.0522. The molecule has 1 aliphatic carbocycles. The molecule has 2 aliphatic rings. The van der Waals surface area contributed by atoms with Gasteiger partial charge in [0.1, 0.15) is 5.60 Å². The van der Waals surface area contributed by atoms with Gasteiger partial charge in [0, 0.05) is 30.7 Å². The van der Waals surface area contributed by atoms with Gasteiger partial charge in [-0.2, -0.15) is 0 Å². The average molecular weight is 395 g/mol. The predicted octanol–water partition coefficient (Wildman–Crippen LogP) is 3.69. The molecule has 1 amide bonds. The summed E-state index contributed by atoms with van der Waals surface area (Å²) in [6.45, 7) is 9.89. The van der Waals surface area contributed by atoms with E-state index >= 15 is 0 Å². The highest BCUT2D eigenvalue weighted by Crippen LogP contribution is 2.51. The summed E-state index contributed by atoms with van der Waals surface area (Å²) in [5.74, 6) is 2.15. The summed E-state index contributed by atoms with van der Waals surface area (Å²) >= 11 is 3.47. The van der Waals surface area contributed by atoms with Gasteiger partial charge in [0.05, 0.1) is 0 Å². The van der Waals surface area contributed by atoms with Gasteiger partial charge < -0.3 is 15.0 Å². The first-order chi connectivity index (χ1) is 11.3. The van der Waals surface area contributed by atoms with Crippen molar-refractivity contribution >= 4 is 22.0 Å². The summed E-state index contributed by atoms with van der Waals surface area (Å²) in [4.78, 5) is 14.3. The van der Waals surface area contributed by atoms with Gasteiger partial charge in [0.2, 0.25) is 0 Å². The molecule has 1 aliphatic heterocycles. The third-order valence-electron chi connectivity index (χ3n) is 4.96. The second-order valence-corrected chi connectivity index (χ2v) is 8.93. The zero-order chi connectivity index (χ0) is 17.3. The number of piperidine rings is 1. The minimum atomic E-state index is -0.423. The van der Waals surface area contributed by atoms with E-state index in [2.05, 4.69) is 50.4 Å². The van der Waals surface area contributed by atoms with Crippen molar-refractivity contribution in [3.05, 3.63) is 34.3 Å². The molecule has 1 saturated heterocycles. The van der Waals surface area contributed by atoms with E-state index in [1.807, 2.05) is 20.8 Å². The van der Waals surface area contributed by atoms with Gasteiger partial charge in [-0.15, -0.1) is 0 Å². The molecule has 1 heterocycles. The lowest BCUT2D eigenvalue weighted by Crippen LogP contribution is -2.35. The maximum Gasteiger partial charge on any atom is 0.407 e. The van der Waals surface area contributed by atoms with Crippen molar-refractivity contribution in [3.63, 3.8) is 0 Å². The highest BCUT2D eigenvalue weighted by Gasteiger charge is 2.55. The first-order valence-corrected chi connectivity index (χ1v) is 9.55. The highest BCUT2D eigenvalue weighted by molar-refractivity contribution is 9.10. The Bertz CT molecular complexity index is 570. The Kier molecular flexibility index (Phi) is 5.21. The summed E-state index contributed by atoms with van der Waals surface area (Å²) in [7, 11) is 0. The maximum atomic E-state index is 11.7. The molecule has 4 nitrogen and oxygen atoms in total. The van der Waals surface area contributed by atoms with E-state index in [0.717, 1.165) is 35.8 Å². The number of benzene rings is 1. The van der Waals surface area contributed by atoms with Crippen LogP contribution in [-0.4, -0.2) is 42.8 Å². The van der Waals surface area contributed by atoms with Crippen molar-refractivity contribution in [3.8, 4) is 0 Å². The Balaban J connectivity index is 1.33. The van der Waals surface area contributed by atoms with Crippen LogP contribution in [0.3, 0.4) is 0 Å². The minimum absolute atomic E-state index is 0.292. The van der Waals surface area contributed by atoms with Crippen LogP contribution in [0.15, 0.2) is 28.7 Å². The smallest absolute Gasteiger partial charge is 0.407 e. The normalized spacial score (nSPS) is 26.1. The number of fused-ring (bicyclic) bond motifs is 1. The molecule has 0 aromatic heterocycles. The Labute approximate surface area is 153 Å². The number of alkyl carbamates (subject to hydrolysis) is 1. The lowest BCUT2D eigenvalue weighted by Gasteiger charge is -2.21. The molecule has 0 radical (unpaired) electrons. The topological polar surface area (TPSA) is 41.6 Å². The van der Waals surface area contributed by atoms with Crippen molar-refractivity contribution in [2.45, 2.75) is 32.8 Å². The fourth-order valence-corrected chi connectivity index (χ4v) is 3.94. The molecule has 1 saturated carbocycles. The fraction of sp³-hybridized carbons (Fsp3) is 0.632. The number of ether oxygens (including phenoxy) is 1. The van der Waals surface area contributed by atoms with E-state index < -0.39 is 5.60 Å². The molecule has 0 spiro atoms. The monoisotopic (exact) mass is 394 g/mol. The van der Waals surface area contributed by atoms with Crippen molar-refractivity contribution in [2.75, 3.05) is 26.2 Å². The van der Waals surface area contributed by atoms with Gasteiger partial charge in [0.25, 0.3) is 0 Å². The first kappa shape index (κ1) is 17.7. The molecule has 2 fully saturated rings. The standard InChI is InChI=1S/C19H27BrN2O2/c1-19(2,3)24-18(23)21-10-15-16-11-22(12-17(15)16)9-8-13-4-6-14(20)7-5-13/h4-7,15-17H,8-12H2,1-3H3,(H,21,23)/t15?,16-,17+.